The summed E-state index contributed by atoms with van der Waals surface area (Å²) in [5.41, 5.74) is 0. The predicted octanol–water partition coefficient (Wildman–Crippen LogP) is 11.0. The minimum absolute atomic E-state index is 0.253. The van der Waals surface area contributed by atoms with E-state index in [-0.39, 0.29) is 5.91 Å². The Kier molecular flexibility index (Phi) is 32.3. The third-order valence-electron chi connectivity index (χ3n) is 8.97. The van der Waals surface area contributed by atoms with Crippen molar-refractivity contribution >= 4 is 16.0 Å². The first-order valence-electron chi connectivity index (χ1n) is 19.4. The third-order valence-corrected chi connectivity index (χ3v) is 9.75. The lowest BCUT2D eigenvalue weighted by Crippen LogP contribution is -2.47. The standard InChI is InChI=1S/C38H75NO5S/c1-3-5-7-9-11-13-15-17-19-21-23-25-27-29-31-33-37(40)36(35-45(42,43)44)39-38(41)34-32-30-28-26-24-22-20-18-16-14-12-10-8-6-4-2/h18,20,36-37,40H,3-17,19,21-35H2,1-2H3,(H,39,41)(H,42,43,44)/b20-18-. The molecule has 45 heavy (non-hydrogen) atoms. The predicted molar refractivity (Wildman–Crippen MR) is 193 cm³/mol. The Morgan fingerprint density at radius 2 is 0.933 bits per heavy atom. The van der Waals surface area contributed by atoms with Crippen LogP contribution in [-0.4, -0.2) is 41.9 Å². The van der Waals surface area contributed by atoms with Crippen molar-refractivity contribution in [3.05, 3.63) is 12.2 Å². The SMILES string of the molecule is CCCCCCCC/C=C\CCCCCCCC(=O)NC(CS(=O)(=O)O)C(O)CCCCCCCCCCCCCCCCC. The van der Waals surface area contributed by atoms with Crippen molar-refractivity contribution in [1.29, 1.82) is 0 Å². The molecular weight excluding hydrogens is 582 g/mol. The summed E-state index contributed by atoms with van der Waals surface area (Å²) in [6, 6.07) is -0.970. The molecule has 3 N–H and O–H groups in total. The molecule has 7 heteroatoms. The van der Waals surface area contributed by atoms with Crippen LogP contribution in [0.25, 0.3) is 0 Å². The van der Waals surface area contributed by atoms with Gasteiger partial charge in [0.1, 0.15) is 0 Å². The van der Waals surface area contributed by atoms with Gasteiger partial charge < -0.3 is 10.4 Å². The molecule has 2 unspecified atom stereocenters. The molecule has 0 aromatic rings. The van der Waals surface area contributed by atoms with Crippen molar-refractivity contribution in [3.8, 4) is 0 Å². The second kappa shape index (κ2) is 33.0. The Morgan fingerprint density at radius 1 is 0.578 bits per heavy atom. The number of carbonyl (C=O) groups is 1. The van der Waals surface area contributed by atoms with Crippen molar-refractivity contribution in [1.82, 2.24) is 5.32 Å². The summed E-state index contributed by atoms with van der Waals surface area (Å²) in [7, 11) is -4.30. The molecule has 0 aliphatic carbocycles. The maximum atomic E-state index is 12.5. The van der Waals surface area contributed by atoms with Gasteiger partial charge in [0, 0.05) is 6.42 Å². The summed E-state index contributed by atoms with van der Waals surface area (Å²) in [6.45, 7) is 4.51. The first-order chi connectivity index (χ1) is 21.8. The first kappa shape index (κ1) is 44.1. The van der Waals surface area contributed by atoms with Crippen molar-refractivity contribution in [2.75, 3.05) is 5.75 Å². The molecule has 0 fully saturated rings. The maximum Gasteiger partial charge on any atom is 0.266 e. The molecule has 0 spiro atoms. The molecule has 0 radical (unpaired) electrons. The first-order valence-corrected chi connectivity index (χ1v) is 21.0. The normalized spacial score (nSPS) is 13.4. The molecule has 2 atom stereocenters. The third kappa shape index (κ3) is 34.2. The summed E-state index contributed by atoms with van der Waals surface area (Å²) in [5.74, 6) is -0.901. The molecule has 1 amide bonds. The van der Waals surface area contributed by atoms with Crippen LogP contribution in [0.2, 0.25) is 0 Å². The van der Waals surface area contributed by atoms with Crippen LogP contribution in [0.15, 0.2) is 12.2 Å². The fourth-order valence-electron chi connectivity index (χ4n) is 6.04. The van der Waals surface area contributed by atoms with Gasteiger partial charge in [0.2, 0.25) is 5.91 Å². The molecule has 0 bridgehead atoms. The lowest BCUT2D eigenvalue weighted by molar-refractivity contribution is -0.122. The summed E-state index contributed by atoms with van der Waals surface area (Å²) in [6.07, 6.45) is 38.7. The van der Waals surface area contributed by atoms with Crippen LogP contribution in [0, 0.1) is 0 Å². The summed E-state index contributed by atoms with van der Waals surface area (Å²) >= 11 is 0. The van der Waals surface area contributed by atoms with Crippen molar-refractivity contribution in [3.63, 3.8) is 0 Å². The van der Waals surface area contributed by atoms with E-state index >= 15 is 0 Å². The fourth-order valence-corrected chi connectivity index (χ4v) is 6.80. The average molecular weight is 658 g/mol. The quantitative estimate of drug-likeness (QED) is 0.0357. The Hall–Kier alpha value is -0.920. The molecule has 0 aliphatic heterocycles. The summed E-state index contributed by atoms with van der Waals surface area (Å²) in [5, 5.41) is 13.3. The molecule has 6 nitrogen and oxygen atoms in total. The van der Waals surface area contributed by atoms with E-state index in [0.717, 1.165) is 51.4 Å². The molecule has 0 aliphatic rings. The van der Waals surface area contributed by atoms with Crippen molar-refractivity contribution < 1.29 is 22.9 Å². The van der Waals surface area contributed by atoms with Gasteiger partial charge in [-0.15, -0.1) is 0 Å². The van der Waals surface area contributed by atoms with Gasteiger partial charge in [-0.05, 0) is 38.5 Å². The minimum Gasteiger partial charge on any atom is -0.391 e. The van der Waals surface area contributed by atoms with Crippen LogP contribution in [0.1, 0.15) is 206 Å². The smallest absolute Gasteiger partial charge is 0.266 e. The minimum atomic E-state index is -4.30. The van der Waals surface area contributed by atoms with Crippen LogP contribution in [0.5, 0.6) is 0 Å². The van der Waals surface area contributed by atoms with E-state index in [1.807, 2.05) is 0 Å². The molecule has 0 heterocycles. The number of rotatable bonds is 35. The number of carbonyl (C=O) groups excluding carboxylic acids is 1. The highest BCUT2D eigenvalue weighted by Gasteiger charge is 2.26. The second-order valence-corrected chi connectivity index (χ2v) is 15.1. The number of aliphatic hydroxyl groups excluding tert-OH is 1. The molecule has 0 aromatic carbocycles. The molecule has 0 saturated carbocycles. The van der Waals surface area contributed by atoms with Crippen LogP contribution in [-0.2, 0) is 14.9 Å². The highest BCUT2D eigenvalue weighted by atomic mass is 32.2. The van der Waals surface area contributed by atoms with Crippen molar-refractivity contribution in [2.45, 2.75) is 219 Å². The molecule has 0 rings (SSSR count). The Bertz CT molecular complexity index is 770. The monoisotopic (exact) mass is 658 g/mol. The van der Waals surface area contributed by atoms with Gasteiger partial charge in [-0.1, -0.05) is 174 Å². The van der Waals surface area contributed by atoms with Gasteiger partial charge in [0.25, 0.3) is 10.1 Å². The zero-order valence-electron chi connectivity index (χ0n) is 29.8. The number of allylic oxidation sites excluding steroid dienone is 2. The van der Waals surface area contributed by atoms with Crippen LogP contribution < -0.4 is 5.32 Å². The topological polar surface area (TPSA) is 104 Å². The number of nitrogens with one attached hydrogen (secondary N) is 1. The van der Waals surface area contributed by atoms with Crippen LogP contribution >= 0.6 is 0 Å². The van der Waals surface area contributed by atoms with Crippen LogP contribution in [0.4, 0.5) is 0 Å². The van der Waals surface area contributed by atoms with Gasteiger partial charge in [-0.25, -0.2) is 0 Å². The van der Waals surface area contributed by atoms with Crippen LogP contribution in [0.3, 0.4) is 0 Å². The van der Waals surface area contributed by atoms with E-state index in [2.05, 4.69) is 31.3 Å². The average Bonchev–Trinajstić information content (AvgIpc) is 3.00. The van der Waals surface area contributed by atoms with E-state index in [0.29, 0.717) is 12.8 Å². The lowest BCUT2D eigenvalue weighted by Gasteiger charge is -2.23. The fraction of sp³-hybridized carbons (Fsp3) is 0.921. The number of amides is 1. The van der Waals surface area contributed by atoms with Crippen molar-refractivity contribution in [2.24, 2.45) is 0 Å². The number of aliphatic hydroxyl groups is 1. The highest BCUT2D eigenvalue weighted by molar-refractivity contribution is 7.85. The zero-order chi connectivity index (χ0) is 33.3. The molecule has 268 valence electrons. The Labute approximate surface area is 280 Å². The second-order valence-electron chi connectivity index (χ2n) is 13.6. The lowest BCUT2D eigenvalue weighted by atomic mass is 10.0. The Morgan fingerprint density at radius 3 is 1.33 bits per heavy atom. The zero-order valence-corrected chi connectivity index (χ0v) is 30.6. The Balaban J connectivity index is 3.90. The largest absolute Gasteiger partial charge is 0.391 e. The van der Waals surface area contributed by atoms with Gasteiger partial charge >= 0.3 is 0 Å². The molecular formula is C38H75NO5S. The van der Waals surface area contributed by atoms with E-state index in [1.54, 1.807) is 0 Å². The highest BCUT2D eigenvalue weighted by Crippen LogP contribution is 2.16. The van der Waals surface area contributed by atoms with Gasteiger partial charge in [0.15, 0.2) is 0 Å². The van der Waals surface area contributed by atoms with Gasteiger partial charge in [0.05, 0.1) is 17.9 Å². The number of unbranched alkanes of at least 4 members (excludes halogenated alkanes) is 25. The molecule has 0 aromatic heterocycles. The number of hydrogen-bond acceptors (Lipinski definition) is 4. The van der Waals surface area contributed by atoms with Gasteiger partial charge in [-0.3, -0.25) is 9.35 Å². The maximum absolute atomic E-state index is 12.5. The van der Waals surface area contributed by atoms with E-state index in [9.17, 15) is 22.9 Å². The van der Waals surface area contributed by atoms with E-state index in [4.69, 9.17) is 0 Å². The summed E-state index contributed by atoms with van der Waals surface area (Å²) < 4.78 is 32.4. The van der Waals surface area contributed by atoms with Gasteiger partial charge in [-0.2, -0.15) is 8.42 Å². The summed E-state index contributed by atoms with van der Waals surface area (Å²) in [4.78, 5) is 12.5. The number of hydrogen-bond donors (Lipinski definition) is 3. The van der Waals surface area contributed by atoms with E-state index in [1.165, 1.54) is 128 Å². The molecule has 0 saturated heterocycles. The van der Waals surface area contributed by atoms with E-state index < -0.39 is 28.0 Å².